The quantitative estimate of drug-likeness (QED) is 0.212. The minimum atomic E-state index is 0.320. The normalized spacial score (nSPS) is 16.2. The van der Waals surface area contributed by atoms with Crippen LogP contribution in [0.5, 0.6) is 0 Å². The Labute approximate surface area is 245 Å². The predicted octanol–water partition coefficient (Wildman–Crippen LogP) is 10.6. The van der Waals surface area contributed by atoms with E-state index in [1.165, 1.54) is 71.6 Å². The average Bonchev–Trinajstić information content (AvgIpc) is 3.58. The van der Waals surface area contributed by atoms with Gasteiger partial charge in [0.15, 0.2) is 0 Å². The maximum atomic E-state index is 2.53. The van der Waals surface area contributed by atoms with Gasteiger partial charge in [-0.1, -0.05) is 97.1 Å². The zero-order chi connectivity index (χ0) is 27.6. The average molecular weight is 539 g/mol. The van der Waals surface area contributed by atoms with Crippen molar-refractivity contribution >= 4 is 49.7 Å². The van der Waals surface area contributed by atoms with Crippen molar-refractivity contribution in [3.05, 3.63) is 145 Å². The fourth-order valence-electron chi connectivity index (χ4n) is 7.38. The van der Waals surface area contributed by atoms with Crippen molar-refractivity contribution in [3.63, 3.8) is 0 Å². The lowest BCUT2D eigenvalue weighted by molar-refractivity contribution is 0.648. The molecule has 0 saturated heterocycles. The van der Waals surface area contributed by atoms with Crippen molar-refractivity contribution in [2.24, 2.45) is 0 Å². The van der Waals surface area contributed by atoms with Crippen LogP contribution in [-0.2, 0) is 6.42 Å². The van der Waals surface area contributed by atoms with Crippen LogP contribution in [0.2, 0.25) is 0 Å². The van der Waals surface area contributed by atoms with Gasteiger partial charge in [-0.05, 0) is 84.0 Å². The molecule has 0 aliphatic heterocycles. The van der Waals surface area contributed by atoms with Gasteiger partial charge in [0.05, 0.1) is 22.6 Å². The van der Waals surface area contributed by atoms with Crippen molar-refractivity contribution in [1.82, 2.24) is 9.13 Å². The topological polar surface area (TPSA) is 9.86 Å². The smallest absolute Gasteiger partial charge is 0.0560 e. The van der Waals surface area contributed by atoms with Crippen molar-refractivity contribution in [3.8, 4) is 16.8 Å². The van der Waals surface area contributed by atoms with Crippen molar-refractivity contribution in [2.75, 3.05) is 0 Å². The van der Waals surface area contributed by atoms with E-state index in [0.717, 1.165) is 19.3 Å². The Bertz CT molecular complexity index is 2280. The van der Waals surface area contributed by atoms with E-state index in [0.29, 0.717) is 6.04 Å². The Kier molecular flexibility index (Phi) is 5.18. The zero-order valence-electron chi connectivity index (χ0n) is 23.4. The van der Waals surface area contributed by atoms with Gasteiger partial charge in [-0.15, -0.1) is 0 Å². The molecule has 2 nitrogen and oxygen atoms in total. The number of aryl methyl sites for hydroxylation is 1. The van der Waals surface area contributed by atoms with Gasteiger partial charge in [0.25, 0.3) is 0 Å². The zero-order valence-corrected chi connectivity index (χ0v) is 23.4. The first-order valence-corrected chi connectivity index (χ1v) is 15.0. The lowest BCUT2D eigenvalue weighted by Crippen LogP contribution is -2.06. The molecule has 0 fully saturated rings. The first-order chi connectivity index (χ1) is 20.8. The van der Waals surface area contributed by atoms with Gasteiger partial charge in [-0.25, -0.2) is 0 Å². The molecule has 0 spiro atoms. The highest BCUT2D eigenvalue weighted by Crippen LogP contribution is 2.42. The predicted molar refractivity (Wildman–Crippen MR) is 179 cm³/mol. The Hall–Kier alpha value is -5.08. The summed E-state index contributed by atoms with van der Waals surface area (Å²) in [6.07, 6.45) is 16.7. The molecule has 0 amide bonds. The van der Waals surface area contributed by atoms with E-state index in [9.17, 15) is 0 Å². The molecule has 0 bridgehead atoms. The third kappa shape index (κ3) is 3.45. The molecule has 1 unspecified atom stereocenters. The number of rotatable bonds is 3. The highest BCUT2D eigenvalue weighted by molar-refractivity contribution is 6.16. The molecule has 2 aliphatic carbocycles. The number of allylic oxidation sites excluding steroid dienone is 5. The fourth-order valence-corrected chi connectivity index (χ4v) is 7.38. The SMILES string of the molecule is C1=CCC(n2c3ccccc3c3c(-c4ccc5c(c4)c4ccccc4n5-c4ccc5c(c4)CCC=C5)cccc32)C=C1. The molecular formula is C40H30N2. The standard InChI is InChI=1S/C40H30N2/c1-2-13-30(14-3-1)41-37-19-9-7-16-34(37)40-32(17-10-20-39(40)41)29-22-24-38-35(26-29)33-15-6-8-18-36(33)42(38)31-23-21-27-11-4-5-12-28(27)25-31/h1-4,6-11,13,15-26,30H,5,12,14H2. The van der Waals surface area contributed by atoms with Gasteiger partial charge < -0.3 is 9.13 Å². The van der Waals surface area contributed by atoms with Crippen LogP contribution in [0, 0.1) is 0 Å². The van der Waals surface area contributed by atoms with Crippen LogP contribution < -0.4 is 0 Å². The van der Waals surface area contributed by atoms with Crippen LogP contribution in [0.4, 0.5) is 0 Å². The fraction of sp³-hybridized carbons (Fsp3) is 0.100. The molecule has 2 aliphatic rings. The number of fused-ring (bicyclic) bond motifs is 7. The molecule has 5 aromatic carbocycles. The molecule has 2 heteroatoms. The van der Waals surface area contributed by atoms with Gasteiger partial charge in [0.1, 0.15) is 0 Å². The summed E-state index contributed by atoms with van der Waals surface area (Å²) in [5, 5.41) is 5.24. The Morgan fingerprint density at radius 3 is 2.36 bits per heavy atom. The number of para-hydroxylation sites is 2. The maximum Gasteiger partial charge on any atom is 0.0560 e. The molecule has 2 heterocycles. The van der Waals surface area contributed by atoms with Crippen LogP contribution >= 0.6 is 0 Å². The second-order valence-corrected chi connectivity index (χ2v) is 11.6. The molecule has 0 saturated carbocycles. The summed E-state index contributed by atoms with van der Waals surface area (Å²) in [5.41, 5.74) is 11.7. The van der Waals surface area contributed by atoms with E-state index >= 15 is 0 Å². The summed E-state index contributed by atoms with van der Waals surface area (Å²) in [6.45, 7) is 0. The molecular weight excluding hydrogens is 508 g/mol. The van der Waals surface area contributed by atoms with E-state index in [4.69, 9.17) is 0 Å². The number of hydrogen-bond donors (Lipinski definition) is 0. The van der Waals surface area contributed by atoms with E-state index in [-0.39, 0.29) is 0 Å². The molecule has 9 rings (SSSR count). The van der Waals surface area contributed by atoms with Crippen LogP contribution in [0.15, 0.2) is 134 Å². The minimum Gasteiger partial charge on any atom is -0.333 e. The Morgan fingerprint density at radius 2 is 1.45 bits per heavy atom. The molecule has 42 heavy (non-hydrogen) atoms. The lowest BCUT2D eigenvalue weighted by atomic mass is 9.97. The van der Waals surface area contributed by atoms with Crippen molar-refractivity contribution in [1.29, 1.82) is 0 Å². The number of hydrogen-bond acceptors (Lipinski definition) is 0. The van der Waals surface area contributed by atoms with E-state index in [1.54, 1.807) is 0 Å². The van der Waals surface area contributed by atoms with Gasteiger partial charge in [0.2, 0.25) is 0 Å². The molecule has 1 atom stereocenters. The third-order valence-corrected chi connectivity index (χ3v) is 9.27. The summed E-state index contributed by atoms with van der Waals surface area (Å²) in [6, 6.07) is 38.9. The summed E-state index contributed by atoms with van der Waals surface area (Å²) >= 11 is 0. The third-order valence-electron chi connectivity index (χ3n) is 9.27. The largest absolute Gasteiger partial charge is 0.333 e. The molecule has 7 aromatic rings. The molecule has 0 radical (unpaired) electrons. The van der Waals surface area contributed by atoms with Crippen LogP contribution in [0.3, 0.4) is 0 Å². The summed E-state index contributed by atoms with van der Waals surface area (Å²) in [4.78, 5) is 0. The van der Waals surface area contributed by atoms with Crippen LogP contribution in [-0.4, -0.2) is 9.13 Å². The van der Waals surface area contributed by atoms with Crippen LogP contribution in [0.25, 0.3) is 66.5 Å². The second kappa shape index (κ2) is 9.22. The van der Waals surface area contributed by atoms with Crippen LogP contribution in [0.1, 0.15) is 30.0 Å². The Balaban J connectivity index is 1.29. The number of aromatic nitrogens is 2. The molecule has 200 valence electrons. The van der Waals surface area contributed by atoms with Gasteiger partial charge in [-0.2, -0.15) is 0 Å². The molecule has 2 aromatic heterocycles. The first-order valence-electron chi connectivity index (χ1n) is 15.0. The maximum absolute atomic E-state index is 2.53. The van der Waals surface area contributed by atoms with Gasteiger partial charge >= 0.3 is 0 Å². The highest BCUT2D eigenvalue weighted by Gasteiger charge is 2.20. The second-order valence-electron chi connectivity index (χ2n) is 11.6. The summed E-state index contributed by atoms with van der Waals surface area (Å²) in [5.74, 6) is 0. The number of nitrogens with zero attached hydrogens (tertiary/aromatic N) is 2. The minimum absolute atomic E-state index is 0.320. The number of benzene rings is 5. The van der Waals surface area contributed by atoms with E-state index in [2.05, 4.69) is 149 Å². The summed E-state index contributed by atoms with van der Waals surface area (Å²) in [7, 11) is 0. The summed E-state index contributed by atoms with van der Waals surface area (Å²) < 4.78 is 4.98. The molecule has 0 N–H and O–H groups in total. The lowest BCUT2D eigenvalue weighted by Gasteiger charge is -2.18. The monoisotopic (exact) mass is 538 g/mol. The van der Waals surface area contributed by atoms with E-state index < -0.39 is 0 Å². The van der Waals surface area contributed by atoms with Crippen molar-refractivity contribution < 1.29 is 0 Å². The highest BCUT2D eigenvalue weighted by atomic mass is 15.0. The first kappa shape index (κ1) is 23.6. The van der Waals surface area contributed by atoms with Gasteiger partial charge in [-0.3, -0.25) is 0 Å². The Morgan fingerprint density at radius 1 is 0.619 bits per heavy atom. The van der Waals surface area contributed by atoms with E-state index in [1.807, 2.05) is 0 Å². The van der Waals surface area contributed by atoms with Crippen molar-refractivity contribution in [2.45, 2.75) is 25.3 Å². The van der Waals surface area contributed by atoms with Gasteiger partial charge in [0, 0.05) is 32.7 Å².